The minimum Gasteiger partial charge on any atom is -0.353 e. The highest BCUT2D eigenvalue weighted by Crippen LogP contribution is 2.41. The van der Waals surface area contributed by atoms with Gasteiger partial charge in [0.05, 0.1) is 0 Å². The zero-order valence-electron chi connectivity index (χ0n) is 9.89. The molecule has 0 bridgehead atoms. The summed E-state index contributed by atoms with van der Waals surface area (Å²) in [6.45, 7) is 8.87. The highest BCUT2D eigenvalue weighted by atomic mass is 16.2. The average Bonchev–Trinajstić information content (AvgIpc) is 2.42. The number of rotatable bonds is 4. The number of hydrogen-bond donors (Lipinski definition) is 1. The molecule has 0 saturated carbocycles. The molecular weight excluding hydrogens is 174 g/mol. The Morgan fingerprint density at radius 3 is 2.57 bits per heavy atom. The van der Waals surface area contributed by atoms with Crippen LogP contribution in [-0.2, 0) is 4.79 Å². The van der Waals surface area contributed by atoms with Gasteiger partial charge in [-0.2, -0.15) is 0 Å². The largest absolute Gasteiger partial charge is 0.353 e. The number of amides is 1. The second-order valence-corrected chi connectivity index (χ2v) is 4.90. The van der Waals surface area contributed by atoms with Gasteiger partial charge in [0.25, 0.3) is 0 Å². The molecule has 2 heteroatoms. The summed E-state index contributed by atoms with van der Waals surface area (Å²) in [6, 6.07) is 0.356. The number of carbonyl (C=O) groups excluding carboxylic acids is 1. The molecule has 0 aromatic heterocycles. The van der Waals surface area contributed by atoms with Crippen molar-refractivity contribution in [1.82, 2.24) is 5.32 Å². The molecule has 3 unspecified atom stereocenters. The van der Waals surface area contributed by atoms with Crippen LogP contribution in [0.4, 0.5) is 0 Å². The lowest BCUT2D eigenvalue weighted by Gasteiger charge is -2.33. The summed E-state index contributed by atoms with van der Waals surface area (Å²) in [6.07, 6.45) is 4.23. The predicted molar refractivity (Wildman–Crippen MR) is 59.0 cm³/mol. The van der Waals surface area contributed by atoms with Crippen molar-refractivity contribution < 1.29 is 4.79 Å². The standard InChI is InChI=1S/C12H23NO/c1-5-9(3)7-12(6-2)8-11(14)13-10(12)4/h9-10H,5-8H2,1-4H3,(H,13,14). The van der Waals surface area contributed by atoms with Crippen LogP contribution in [0.15, 0.2) is 0 Å². The molecule has 1 N–H and O–H groups in total. The molecule has 0 spiro atoms. The summed E-state index contributed by atoms with van der Waals surface area (Å²) in [5.41, 5.74) is 0.229. The van der Waals surface area contributed by atoms with Gasteiger partial charge in [-0.1, -0.05) is 27.2 Å². The number of carbonyl (C=O) groups is 1. The average molecular weight is 197 g/mol. The maximum atomic E-state index is 11.4. The van der Waals surface area contributed by atoms with E-state index in [1.807, 2.05) is 0 Å². The minimum atomic E-state index is 0.229. The third-order valence-corrected chi connectivity index (χ3v) is 3.96. The summed E-state index contributed by atoms with van der Waals surface area (Å²) in [7, 11) is 0. The Balaban J connectivity index is 2.71. The molecule has 0 aromatic rings. The van der Waals surface area contributed by atoms with Crippen LogP contribution in [0, 0.1) is 11.3 Å². The summed E-state index contributed by atoms with van der Waals surface area (Å²) in [5.74, 6) is 0.966. The van der Waals surface area contributed by atoms with Gasteiger partial charge in [0.1, 0.15) is 0 Å². The Labute approximate surface area is 87.5 Å². The second-order valence-electron chi connectivity index (χ2n) is 4.90. The lowest BCUT2D eigenvalue weighted by molar-refractivity contribution is -0.119. The third-order valence-electron chi connectivity index (χ3n) is 3.96. The molecule has 3 atom stereocenters. The molecule has 0 radical (unpaired) electrons. The van der Waals surface area contributed by atoms with Gasteiger partial charge >= 0.3 is 0 Å². The molecule has 1 aliphatic heterocycles. The van der Waals surface area contributed by atoms with Crippen molar-refractivity contribution in [2.45, 2.75) is 59.4 Å². The molecule has 1 aliphatic rings. The van der Waals surface area contributed by atoms with Gasteiger partial charge in [0, 0.05) is 12.5 Å². The monoisotopic (exact) mass is 197 g/mol. The summed E-state index contributed by atoms with van der Waals surface area (Å²) >= 11 is 0. The normalized spacial score (nSPS) is 34.3. The van der Waals surface area contributed by atoms with Crippen molar-refractivity contribution in [3.05, 3.63) is 0 Å². The Kier molecular flexibility index (Phi) is 3.57. The van der Waals surface area contributed by atoms with E-state index in [9.17, 15) is 4.79 Å². The predicted octanol–water partition coefficient (Wildman–Crippen LogP) is 2.73. The molecule has 82 valence electrons. The molecular formula is C12H23NO. The molecule has 1 heterocycles. The van der Waals surface area contributed by atoms with E-state index >= 15 is 0 Å². The maximum Gasteiger partial charge on any atom is 0.220 e. The van der Waals surface area contributed by atoms with Gasteiger partial charge in [0.15, 0.2) is 0 Å². The van der Waals surface area contributed by atoms with Gasteiger partial charge < -0.3 is 5.32 Å². The minimum absolute atomic E-state index is 0.229. The summed E-state index contributed by atoms with van der Waals surface area (Å²) in [5, 5.41) is 3.05. The fourth-order valence-corrected chi connectivity index (χ4v) is 2.58. The Morgan fingerprint density at radius 1 is 1.57 bits per heavy atom. The topological polar surface area (TPSA) is 29.1 Å². The smallest absolute Gasteiger partial charge is 0.220 e. The van der Waals surface area contributed by atoms with Crippen molar-refractivity contribution in [2.24, 2.45) is 11.3 Å². The van der Waals surface area contributed by atoms with Gasteiger partial charge in [-0.3, -0.25) is 4.79 Å². The van der Waals surface area contributed by atoms with Crippen LogP contribution in [0.5, 0.6) is 0 Å². The first-order chi connectivity index (χ1) is 6.54. The van der Waals surface area contributed by atoms with E-state index < -0.39 is 0 Å². The highest BCUT2D eigenvalue weighted by molar-refractivity contribution is 5.79. The summed E-state index contributed by atoms with van der Waals surface area (Å²) < 4.78 is 0. The van der Waals surface area contributed by atoms with Crippen molar-refractivity contribution in [2.75, 3.05) is 0 Å². The lowest BCUT2D eigenvalue weighted by Crippen LogP contribution is -2.35. The van der Waals surface area contributed by atoms with E-state index in [2.05, 4.69) is 33.0 Å². The first-order valence-electron chi connectivity index (χ1n) is 5.83. The zero-order chi connectivity index (χ0) is 10.8. The van der Waals surface area contributed by atoms with Crippen molar-refractivity contribution in [3.63, 3.8) is 0 Å². The zero-order valence-corrected chi connectivity index (χ0v) is 9.89. The molecule has 1 saturated heterocycles. The Morgan fingerprint density at radius 2 is 2.21 bits per heavy atom. The molecule has 1 fully saturated rings. The van der Waals surface area contributed by atoms with Crippen molar-refractivity contribution in [3.8, 4) is 0 Å². The molecule has 14 heavy (non-hydrogen) atoms. The van der Waals surface area contributed by atoms with Crippen LogP contribution in [0.25, 0.3) is 0 Å². The lowest BCUT2D eigenvalue weighted by atomic mass is 9.72. The van der Waals surface area contributed by atoms with Crippen LogP contribution >= 0.6 is 0 Å². The van der Waals surface area contributed by atoms with E-state index in [1.54, 1.807) is 0 Å². The first kappa shape index (κ1) is 11.5. The molecule has 2 nitrogen and oxygen atoms in total. The van der Waals surface area contributed by atoms with Gasteiger partial charge in [0.2, 0.25) is 5.91 Å². The highest BCUT2D eigenvalue weighted by Gasteiger charge is 2.43. The first-order valence-corrected chi connectivity index (χ1v) is 5.83. The molecule has 1 rings (SSSR count). The van der Waals surface area contributed by atoms with Gasteiger partial charge in [-0.25, -0.2) is 0 Å². The van der Waals surface area contributed by atoms with Crippen molar-refractivity contribution in [1.29, 1.82) is 0 Å². The quantitative estimate of drug-likeness (QED) is 0.737. The van der Waals surface area contributed by atoms with E-state index in [0.717, 1.165) is 18.8 Å². The van der Waals surface area contributed by atoms with Gasteiger partial charge in [-0.15, -0.1) is 0 Å². The molecule has 1 amide bonds. The van der Waals surface area contributed by atoms with Gasteiger partial charge in [-0.05, 0) is 31.1 Å². The maximum absolute atomic E-state index is 11.4. The SMILES string of the molecule is CCC(C)CC1(CC)CC(=O)NC1C. The van der Waals surface area contributed by atoms with Crippen LogP contribution in [0.3, 0.4) is 0 Å². The fourth-order valence-electron chi connectivity index (χ4n) is 2.58. The van der Waals surface area contributed by atoms with Crippen LogP contribution in [0.2, 0.25) is 0 Å². The van der Waals surface area contributed by atoms with Crippen LogP contribution in [-0.4, -0.2) is 11.9 Å². The Bertz CT molecular complexity index is 214. The summed E-state index contributed by atoms with van der Waals surface area (Å²) in [4.78, 5) is 11.4. The number of nitrogens with one attached hydrogen (secondary N) is 1. The molecule has 0 aromatic carbocycles. The van der Waals surface area contributed by atoms with Crippen LogP contribution < -0.4 is 5.32 Å². The Hall–Kier alpha value is -0.530. The second kappa shape index (κ2) is 4.33. The molecule has 0 aliphatic carbocycles. The van der Waals surface area contributed by atoms with E-state index in [4.69, 9.17) is 0 Å². The van der Waals surface area contributed by atoms with Crippen LogP contribution in [0.1, 0.15) is 53.4 Å². The fraction of sp³-hybridized carbons (Fsp3) is 0.917. The third kappa shape index (κ3) is 2.10. The number of hydrogen-bond acceptors (Lipinski definition) is 1. The van der Waals surface area contributed by atoms with E-state index in [0.29, 0.717) is 6.04 Å². The van der Waals surface area contributed by atoms with E-state index in [-0.39, 0.29) is 11.3 Å². The van der Waals surface area contributed by atoms with E-state index in [1.165, 1.54) is 12.8 Å². The van der Waals surface area contributed by atoms with Crippen molar-refractivity contribution >= 4 is 5.91 Å².